The molecule has 0 bridgehead atoms. The van der Waals surface area contributed by atoms with Crippen LogP contribution in [0, 0.1) is 5.92 Å². The quantitative estimate of drug-likeness (QED) is 0.812. The summed E-state index contributed by atoms with van der Waals surface area (Å²) in [5, 5.41) is 0.382. The Morgan fingerprint density at radius 1 is 1.40 bits per heavy atom. The largest absolute Gasteiger partial charge is 0.369 e. The molecular formula is C11H14BrClN2O3S2. The van der Waals surface area contributed by atoms with Crippen LogP contribution in [-0.4, -0.2) is 20.4 Å². The van der Waals surface area contributed by atoms with Gasteiger partial charge in [0.25, 0.3) is 0 Å². The molecule has 0 saturated heterocycles. The summed E-state index contributed by atoms with van der Waals surface area (Å²) in [4.78, 5) is 11.1. The maximum absolute atomic E-state index is 12.2. The van der Waals surface area contributed by atoms with Gasteiger partial charge in [-0.25, -0.2) is 13.1 Å². The third kappa shape index (κ3) is 3.73. The molecule has 20 heavy (non-hydrogen) atoms. The van der Waals surface area contributed by atoms with E-state index in [9.17, 15) is 13.2 Å². The molecule has 0 radical (unpaired) electrons. The topological polar surface area (TPSA) is 89.3 Å². The molecule has 1 aliphatic rings. The predicted molar refractivity (Wildman–Crippen MR) is 82.3 cm³/mol. The minimum absolute atomic E-state index is 0.138. The summed E-state index contributed by atoms with van der Waals surface area (Å²) < 4.78 is 27.9. The second-order valence-electron chi connectivity index (χ2n) is 4.76. The van der Waals surface area contributed by atoms with Crippen LogP contribution >= 0.6 is 38.9 Å². The van der Waals surface area contributed by atoms with Crippen molar-refractivity contribution in [1.29, 1.82) is 0 Å². The number of carbonyl (C=O) groups excluding carboxylic acids is 1. The Labute approximate surface area is 135 Å². The fourth-order valence-electron chi connectivity index (χ4n) is 2.23. The van der Waals surface area contributed by atoms with E-state index in [0.29, 0.717) is 34.5 Å². The average Bonchev–Trinajstić information content (AvgIpc) is 2.71. The molecule has 1 aromatic heterocycles. The van der Waals surface area contributed by atoms with Crippen LogP contribution < -0.4 is 10.5 Å². The van der Waals surface area contributed by atoms with E-state index in [1.54, 1.807) is 0 Å². The van der Waals surface area contributed by atoms with Gasteiger partial charge in [0.05, 0.1) is 8.81 Å². The average molecular weight is 402 g/mol. The number of nitrogens with one attached hydrogen (secondary N) is 1. The molecule has 112 valence electrons. The highest BCUT2D eigenvalue weighted by atomic mass is 79.9. The van der Waals surface area contributed by atoms with Crippen molar-refractivity contribution in [2.75, 3.05) is 0 Å². The lowest BCUT2D eigenvalue weighted by Gasteiger charge is -2.26. The summed E-state index contributed by atoms with van der Waals surface area (Å²) in [7, 11) is -3.56. The first-order valence-corrected chi connectivity index (χ1v) is 9.53. The number of amides is 1. The third-order valence-electron chi connectivity index (χ3n) is 3.34. The first kappa shape index (κ1) is 16.2. The highest BCUT2D eigenvalue weighted by molar-refractivity contribution is 9.11. The summed E-state index contributed by atoms with van der Waals surface area (Å²) in [6.07, 6.45) is 2.48. The summed E-state index contributed by atoms with van der Waals surface area (Å²) in [5.74, 6) is -0.443. The van der Waals surface area contributed by atoms with E-state index >= 15 is 0 Å². The number of hydrogen-bond acceptors (Lipinski definition) is 4. The van der Waals surface area contributed by atoms with Gasteiger partial charge in [0.1, 0.15) is 4.21 Å². The SMILES string of the molecule is NC(=O)C1CCC(NS(=O)(=O)c2cc(Cl)c(Br)s2)CC1. The van der Waals surface area contributed by atoms with Crippen molar-refractivity contribution in [2.45, 2.75) is 35.9 Å². The number of carbonyl (C=O) groups is 1. The predicted octanol–water partition coefficient (Wildman–Crippen LogP) is 2.49. The van der Waals surface area contributed by atoms with Crippen LogP contribution in [0.15, 0.2) is 14.1 Å². The first-order valence-electron chi connectivity index (χ1n) is 6.06. The highest BCUT2D eigenvalue weighted by Crippen LogP contribution is 2.35. The van der Waals surface area contributed by atoms with Gasteiger partial charge < -0.3 is 5.73 Å². The molecule has 0 atom stereocenters. The van der Waals surface area contributed by atoms with Crippen molar-refractivity contribution >= 4 is 54.8 Å². The van der Waals surface area contributed by atoms with E-state index in [2.05, 4.69) is 20.7 Å². The van der Waals surface area contributed by atoms with Crippen LogP contribution in [0.3, 0.4) is 0 Å². The van der Waals surface area contributed by atoms with Gasteiger partial charge in [0.2, 0.25) is 15.9 Å². The molecule has 1 aromatic rings. The molecule has 0 spiro atoms. The monoisotopic (exact) mass is 400 g/mol. The van der Waals surface area contributed by atoms with Crippen LogP contribution in [0.1, 0.15) is 25.7 Å². The van der Waals surface area contributed by atoms with Gasteiger partial charge in [-0.05, 0) is 47.7 Å². The van der Waals surface area contributed by atoms with E-state index < -0.39 is 10.0 Å². The summed E-state index contributed by atoms with van der Waals surface area (Å²) >= 11 is 10.1. The van der Waals surface area contributed by atoms with Crippen molar-refractivity contribution < 1.29 is 13.2 Å². The molecule has 9 heteroatoms. The van der Waals surface area contributed by atoms with Crippen LogP contribution in [0.4, 0.5) is 0 Å². The van der Waals surface area contributed by atoms with Crippen molar-refractivity contribution in [3.63, 3.8) is 0 Å². The Balaban J connectivity index is 2.01. The smallest absolute Gasteiger partial charge is 0.250 e. The van der Waals surface area contributed by atoms with E-state index in [1.165, 1.54) is 6.07 Å². The number of halogens is 2. The summed E-state index contributed by atoms with van der Waals surface area (Å²) in [6, 6.07) is 1.27. The molecule has 1 heterocycles. The number of thiophene rings is 1. The van der Waals surface area contributed by atoms with Crippen LogP contribution in [0.25, 0.3) is 0 Å². The molecule has 3 N–H and O–H groups in total. The van der Waals surface area contributed by atoms with Crippen LogP contribution in [0.2, 0.25) is 5.02 Å². The second kappa shape index (κ2) is 6.31. The maximum atomic E-state index is 12.2. The number of sulfonamides is 1. The van der Waals surface area contributed by atoms with Gasteiger partial charge in [-0.15, -0.1) is 11.3 Å². The van der Waals surface area contributed by atoms with E-state index in [1.807, 2.05) is 0 Å². The summed E-state index contributed by atoms with van der Waals surface area (Å²) in [5.41, 5.74) is 5.25. The van der Waals surface area contributed by atoms with E-state index in [-0.39, 0.29) is 22.1 Å². The van der Waals surface area contributed by atoms with Crippen LogP contribution in [-0.2, 0) is 14.8 Å². The maximum Gasteiger partial charge on any atom is 0.250 e. The van der Waals surface area contributed by atoms with Gasteiger partial charge in [0.15, 0.2) is 0 Å². The van der Waals surface area contributed by atoms with Crippen molar-refractivity contribution in [2.24, 2.45) is 11.7 Å². The minimum atomic E-state index is -3.56. The molecule has 0 aromatic carbocycles. The Bertz CT molecular complexity index is 590. The molecule has 2 rings (SSSR count). The zero-order valence-electron chi connectivity index (χ0n) is 10.4. The van der Waals surface area contributed by atoms with Gasteiger partial charge in [-0.1, -0.05) is 11.6 Å². The van der Waals surface area contributed by atoms with Gasteiger partial charge >= 0.3 is 0 Å². The normalized spacial score (nSPS) is 23.7. The van der Waals surface area contributed by atoms with Crippen molar-refractivity contribution in [3.05, 3.63) is 14.9 Å². The van der Waals surface area contributed by atoms with E-state index in [4.69, 9.17) is 17.3 Å². The minimum Gasteiger partial charge on any atom is -0.369 e. The Hall–Kier alpha value is -0.150. The van der Waals surface area contributed by atoms with Gasteiger partial charge in [0, 0.05) is 12.0 Å². The Morgan fingerprint density at radius 2 is 2.00 bits per heavy atom. The lowest BCUT2D eigenvalue weighted by atomic mass is 9.86. The fraction of sp³-hybridized carbons (Fsp3) is 0.545. The fourth-order valence-corrected chi connectivity index (χ4v) is 5.95. The first-order chi connectivity index (χ1) is 9.29. The molecule has 1 amide bonds. The van der Waals surface area contributed by atoms with Crippen molar-refractivity contribution in [3.8, 4) is 0 Å². The van der Waals surface area contributed by atoms with Gasteiger partial charge in [-0.2, -0.15) is 0 Å². The molecule has 1 aliphatic carbocycles. The highest BCUT2D eigenvalue weighted by Gasteiger charge is 2.29. The molecule has 0 unspecified atom stereocenters. The lowest BCUT2D eigenvalue weighted by Crippen LogP contribution is -2.39. The third-order valence-corrected chi connectivity index (χ3v) is 7.81. The summed E-state index contributed by atoms with van der Waals surface area (Å²) in [6.45, 7) is 0. The van der Waals surface area contributed by atoms with Gasteiger partial charge in [-0.3, -0.25) is 4.79 Å². The lowest BCUT2D eigenvalue weighted by molar-refractivity contribution is -0.122. The molecule has 0 aliphatic heterocycles. The zero-order chi connectivity index (χ0) is 14.9. The number of rotatable bonds is 4. The van der Waals surface area contributed by atoms with Crippen LogP contribution in [0.5, 0.6) is 0 Å². The Morgan fingerprint density at radius 3 is 2.45 bits per heavy atom. The van der Waals surface area contributed by atoms with Crippen molar-refractivity contribution in [1.82, 2.24) is 4.72 Å². The standard InChI is InChI=1S/C11H14BrClN2O3S2/c12-10-8(13)5-9(19-10)20(17,18)15-7-3-1-6(2-4-7)11(14)16/h5-7,15H,1-4H2,(H2,14,16). The molecule has 1 saturated carbocycles. The Kier molecular flexibility index (Phi) is 5.12. The zero-order valence-corrected chi connectivity index (χ0v) is 14.4. The number of nitrogens with two attached hydrogens (primary N) is 1. The van der Waals surface area contributed by atoms with E-state index in [0.717, 1.165) is 11.3 Å². The molecular weight excluding hydrogens is 388 g/mol. The second-order valence-corrected chi connectivity index (χ2v) is 9.48. The molecule has 1 fully saturated rings. The molecule has 5 nitrogen and oxygen atoms in total. The number of primary amides is 1. The number of hydrogen-bond donors (Lipinski definition) is 2.